The highest BCUT2D eigenvalue weighted by molar-refractivity contribution is 5.76. The molecule has 2 heteroatoms. The molecule has 2 aliphatic carbocycles. The maximum Gasteiger partial charge on any atom is 0.310 e. The summed E-state index contributed by atoms with van der Waals surface area (Å²) in [5.41, 5.74) is 2.11. The van der Waals surface area contributed by atoms with Crippen molar-refractivity contribution < 1.29 is 9.90 Å². The van der Waals surface area contributed by atoms with Crippen LogP contribution in [0.4, 0.5) is 0 Å². The molecule has 0 bridgehead atoms. The Morgan fingerprint density at radius 1 is 1.15 bits per heavy atom. The Kier molecular flexibility index (Phi) is 3.57. The van der Waals surface area contributed by atoms with Gasteiger partial charge in [-0.2, -0.15) is 0 Å². The van der Waals surface area contributed by atoms with Crippen molar-refractivity contribution in [2.45, 2.75) is 51.9 Å². The normalized spacial score (nSPS) is 33.5. The van der Waals surface area contributed by atoms with E-state index in [9.17, 15) is 9.90 Å². The molecule has 1 unspecified atom stereocenters. The second-order valence-electron chi connectivity index (χ2n) is 6.86. The van der Waals surface area contributed by atoms with Gasteiger partial charge >= 0.3 is 5.97 Å². The van der Waals surface area contributed by atoms with Gasteiger partial charge in [0.25, 0.3) is 0 Å². The molecule has 1 fully saturated rings. The predicted molar refractivity (Wildman–Crippen MR) is 79.7 cm³/mol. The number of benzene rings is 1. The van der Waals surface area contributed by atoms with Crippen LogP contribution in [0.2, 0.25) is 0 Å². The van der Waals surface area contributed by atoms with Crippen LogP contribution in [0.5, 0.6) is 0 Å². The van der Waals surface area contributed by atoms with Crippen molar-refractivity contribution in [1.29, 1.82) is 0 Å². The van der Waals surface area contributed by atoms with Crippen LogP contribution >= 0.6 is 0 Å². The summed E-state index contributed by atoms with van der Waals surface area (Å²) in [5.74, 6) is 0.573. The summed E-state index contributed by atoms with van der Waals surface area (Å²) in [6.07, 6.45) is 7.05. The predicted octanol–water partition coefficient (Wildman–Crippen LogP) is 4.07. The number of rotatable bonds is 2. The van der Waals surface area contributed by atoms with E-state index in [0.717, 1.165) is 38.0 Å². The van der Waals surface area contributed by atoms with E-state index in [1.165, 1.54) is 24.0 Å². The third-order valence-electron chi connectivity index (χ3n) is 5.69. The second kappa shape index (κ2) is 5.23. The number of hydrogen-bond donors (Lipinski definition) is 1. The average molecular weight is 272 g/mol. The largest absolute Gasteiger partial charge is 0.481 e. The molecule has 1 N–H and O–H groups in total. The van der Waals surface area contributed by atoms with Crippen molar-refractivity contribution in [1.82, 2.24) is 0 Å². The molecule has 0 heterocycles. The minimum Gasteiger partial charge on any atom is -0.481 e. The zero-order valence-electron chi connectivity index (χ0n) is 12.3. The van der Waals surface area contributed by atoms with E-state index in [4.69, 9.17) is 0 Å². The number of aliphatic carboxylic acids is 1. The Morgan fingerprint density at radius 2 is 1.80 bits per heavy atom. The minimum absolute atomic E-state index is 0.365. The van der Waals surface area contributed by atoms with Gasteiger partial charge in [-0.25, -0.2) is 0 Å². The highest BCUT2D eigenvalue weighted by Gasteiger charge is 2.48. The van der Waals surface area contributed by atoms with E-state index in [1.807, 2.05) is 6.07 Å². The maximum atomic E-state index is 12.1. The second-order valence-corrected chi connectivity index (χ2v) is 6.86. The van der Waals surface area contributed by atoms with E-state index < -0.39 is 11.4 Å². The van der Waals surface area contributed by atoms with Gasteiger partial charge in [-0.3, -0.25) is 4.79 Å². The minimum atomic E-state index is -0.563. The van der Waals surface area contributed by atoms with Gasteiger partial charge in [0.2, 0.25) is 0 Å². The molecule has 20 heavy (non-hydrogen) atoms. The number of carbonyl (C=O) groups is 1. The summed E-state index contributed by atoms with van der Waals surface area (Å²) in [5, 5.41) is 9.93. The van der Waals surface area contributed by atoms with Crippen LogP contribution < -0.4 is 0 Å². The first-order valence-corrected chi connectivity index (χ1v) is 7.92. The highest BCUT2D eigenvalue weighted by atomic mass is 16.4. The smallest absolute Gasteiger partial charge is 0.310 e. The molecule has 2 aliphatic rings. The zero-order chi connectivity index (χ0) is 14.2. The van der Waals surface area contributed by atoms with E-state index in [1.54, 1.807) is 0 Å². The molecule has 0 saturated heterocycles. The van der Waals surface area contributed by atoms with Gasteiger partial charge in [-0.05, 0) is 55.1 Å². The molecule has 0 spiro atoms. The molecule has 2 nitrogen and oxygen atoms in total. The average Bonchev–Trinajstić information content (AvgIpc) is 2.47. The first-order valence-electron chi connectivity index (χ1n) is 7.92. The van der Waals surface area contributed by atoms with Crippen molar-refractivity contribution in [2.75, 3.05) is 0 Å². The third kappa shape index (κ3) is 2.25. The van der Waals surface area contributed by atoms with Crippen LogP contribution in [0.1, 0.15) is 50.2 Å². The summed E-state index contributed by atoms with van der Waals surface area (Å²) in [7, 11) is 0. The van der Waals surface area contributed by atoms with Crippen molar-refractivity contribution >= 4 is 5.97 Å². The number of hydrogen-bond acceptors (Lipinski definition) is 1. The lowest BCUT2D eigenvalue weighted by Gasteiger charge is -2.43. The molecular weight excluding hydrogens is 248 g/mol. The lowest BCUT2D eigenvalue weighted by Crippen LogP contribution is -2.44. The molecule has 108 valence electrons. The quantitative estimate of drug-likeness (QED) is 0.881. The van der Waals surface area contributed by atoms with Crippen LogP contribution in [0, 0.1) is 17.3 Å². The molecule has 0 aliphatic heterocycles. The van der Waals surface area contributed by atoms with Crippen molar-refractivity contribution in [3.8, 4) is 0 Å². The fraction of sp³-hybridized carbons (Fsp3) is 0.611. The van der Waals surface area contributed by atoms with Crippen molar-refractivity contribution in [3.63, 3.8) is 0 Å². The lowest BCUT2D eigenvalue weighted by atomic mass is 9.60. The highest BCUT2D eigenvalue weighted by Crippen LogP contribution is 2.48. The summed E-state index contributed by atoms with van der Waals surface area (Å²) in [6, 6.07) is 8.39. The van der Waals surface area contributed by atoms with Crippen molar-refractivity contribution in [2.24, 2.45) is 17.3 Å². The van der Waals surface area contributed by atoms with E-state index in [-0.39, 0.29) is 0 Å². The van der Waals surface area contributed by atoms with Gasteiger partial charge < -0.3 is 5.11 Å². The summed E-state index contributed by atoms with van der Waals surface area (Å²) >= 11 is 0. The Hall–Kier alpha value is -1.31. The summed E-state index contributed by atoms with van der Waals surface area (Å²) in [4.78, 5) is 12.1. The van der Waals surface area contributed by atoms with Gasteiger partial charge in [0.05, 0.1) is 5.41 Å². The molecule has 0 amide bonds. The Morgan fingerprint density at radius 3 is 2.45 bits per heavy atom. The number of aryl methyl sites for hydroxylation is 1. The topological polar surface area (TPSA) is 37.3 Å². The van der Waals surface area contributed by atoms with Crippen molar-refractivity contribution in [3.05, 3.63) is 35.4 Å². The van der Waals surface area contributed by atoms with Crippen LogP contribution in [-0.2, 0) is 17.6 Å². The summed E-state index contributed by atoms with van der Waals surface area (Å²) in [6.45, 7) is 2.29. The standard InChI is InChI=1S/C18H24O2/c1-13-6-8-16(9-7-13)18(17(19)20)11-10-14-4-2-3-5-15(14)12-18/h2-5,13,16H,6-12H2,1H3,(H,19,20). The fourth-order valence-electron chi connectivity index (χ4n) is 4.28. The number of fused-ring (bicyclic) bond motifs is 1. The Balaban J connectivity index is 1.89. The molecule has 1 aromatic rings. The van der Waals surface area contributed by atoms with Gasteiger partial charge in [0, 0.05) is 0 Å². The maximum absolute atomic E-state index is 12.1. The van der Waals surface area contributed by atoms with Crippen LogP contribution in [-0.4, -0.2) is 11.1 Å². The van der Waals surface area contributed by atoms with Crippen LogP contribution in [0.25, 0.3) is 0 Å². The fourth-order valence-corrected chi connectivity index (χ4v) is 4.28. The monoisotopic (exact) mass is 272 g/mol. The molecular formula is C18H24O2. The molecule has 0 aromatic heterocycles. The summed E-state index contributed by atoms with van der Waals surface area (Å²) < 4.78 is 0. The molecule has 3 rings (SSSR count). The lowest BCUT2D eigenvalue weighted by molar-refractivity contribution is -0.155. The Labute approximate surface area is 121 Å². The number of carboxylic acids is 1. The van der Waals surface area contributed by atoms with E-state index in [2.05, 4.69) is 25.1 Å². The van der Waals surface area contributed by atoms with Gasteiger partial charge in [0.1, 0.15) is 0 Å². The van der Waals surface area contributed by atoms with Crippen LogP contribution in [0.3, 0.4) is 0 Å². The van der Waals surface area contributed by atoms with Gasteiger partial charge in [-0.15, -0.1) is 0 Å². The number of carboxylic acid groups (broad SMARTS) is 1. The van der Waals surface area contributed by atoms with Gasteiger partial charge in [-0.1, -0.05) is 44.0 Å². The van der Waals surface area contributed by atoms with Crippen LogP contribution in [0.15, 0.2) is 24.3 Å². The third-order valence-corrected chi connectivity index (χ3v) is 5.69. The zero-order valence-corrected chi connectivity index (χ0v) is 12.3. The first-order chi connectivity index (χ1) is 9.62. The molecule has 1 aromatic carbocycles. The van der Waals surface area contributed by atoms with E-state index >= 15 is 0 Å². The molecule has 1 atom stereocenters. The SMILES string of the molecule is CC1CCC(C2(C(=O)O)CCc3ccccc3C2)CC1. The van der Waals surface area contributed by atoms with E-state index in [0.29, 0.717) is 5.92 Å². The first kappa shape index (κ1) is 13.7. The van der Waals surface area contributed by atoms with Gasteiger partial charge in [0.15, 0.2) is 0 Å². The molecule has 1 saturated carbocycles. The Bertz CT molecular complexity index is 500. The molecule has 0 radical (unpaired) electrons.